The van der Waals surface area contributed by atoms with Gasteiger partial charge >= 0.3 is 0 Å². The maximum atomic E-state index is 5.60. The monoisotopic (exact) mass is 229 g/mol. The predicted octanol–water partition coefficient (Wildman–Crippen LogP) is -0.544. The van der Waals surface area contributed by atoms with E-state index in [-0.39, 0.29) is 5.84 Å². The molecule has 1 aliphatic rings. The first-order valence-corrected chi connectivity index (χ1v) is 4.86. The average Bonchev–Trinajstić information content (AvgIpc) is 2.78. The van der Waals surface area contributed by atoms with Crippen LogP contribution in [0.15, 0.2) is 9.03 Å². The summed E-state index contributed by atoms with van der Waals surface area (Å²) in [4.78, 5) is 1.99. The Labute approximate surface area is 91.8 Å². The van der Waals surface area contributed by atoms with E-state index in [1.807, 2.05) is 4.90 Å². The first kappa shape index (κ1) is 10.2. The van der Waals surface area contributed by atoms with Crippen LogP contribution in [0, 0.1) is 0 Å². The van der Waals surface area contributed by atoms with Crippen LogP contribution in [-0.4, -0.2) is 42.5 Å². The minimum Gasteiger partial charge on any atom is -0.381 e. The van der Waals surface area contributed by atoms with Crippen LogP contribution in [0.5, 0.6) is 0 Å². The van der Waals surface area contributed by atoms with Gasteiger partial charge in [0.2, 0.25) is 5.82 Å². The van der Waals surface area contributed by atoms with Gasteiger partial charge < -0.3 is 15.4 Å². The minimum absolute atomic E-state index is 0.195. The zero-order valence-corrected chi connectivity index (χ0v) is 8.85. The first-order valence-electron chi connectivity index (χ1n) is 4.46. The van der Waals surface area contributed by atoms with E-state index in [1.165, 1.54) is 0 Å². The smallest absolute Gasteiger partial charge is 0.204 e. The second-order valence-electron chi connectivity index (χ2n) is 3.02. The zero-order chi connectivity index (χ0) is 10.7. The van der Waals surface area contributed by atoms with Gasteiger partial charge in [0, 0.05) is 13.1 Å². The van der Waals surface area contributed by atoms with Crippen LogP contribution in [0.3, 0.4) is 0 Å². The van der Waals surface area contributed by atoms with Crippen LogP contribution >= 0.6 is 12.8 Å². The Morgan fingerprint density at radius 3 is 2.80 bits per heavy atom. The summed E-state index contributed by atoms with van der Waals surface area (Å²) in [6, 6.07) is 0. The average molecular weight is 229 g/mol. The highest BCUT2D eigenvalue weighted by atomic mass is 32.1. The normalized spacial score (nSPS) is 18.2. The third-order valence-electron chi connectivity index (χ3n) is 2.13. The van der Waals surface area contributed by atoms with E-state index in [2.05, 4.69) is 32.2 Å². The van der Waals surface area contributed by atoms with Gasteiger partial charge in [-0.3, -0.25) is 0 Å². The number of anilines is 1. The lowest BCUT2D eigenvalue weighted by Crippen LogP contribution is -2.37. The van der Waals surface area contributed by atoms with Gasteiger partial charge in [-0.15, -0.1) is 0 Å². The molecule has 2 heterocycles. The topological polar surface area (TPSA) is 89.8 Å². The number of nitrogens with zero attached hydrogens (tertiary/aromatic N) is 4. The molecule has 0 unspecified atom stereocenters. The maximum absolute atomic E-state index is 5.60. The molecular formula is C7H11N5O2S. The molecule has 2 rings (SSSR count). The summed E-state index contributed by atoms with van der Waals surface area (Å²) in [5.41, 5.74) is 6.02. The van der Waals surface area contributed by atoms with Crippen LogP contribution in [-0.2, 0) is 4.74 Å². The lowest BCUT2D eigenvalue weighted by atomic mass is 10.3. The van der Waals surface area contributed by atoms with Crippen LogP contribution in [0.4, 0.5) is 5.82 Å². The molecule has 0 saturated carbocycles. The summed E-state index contributed by atoms with van der Waals surface area (Å²) in [5, 5.41) is 7.49. The fourth-order valence-electron chi connectivity index (χ4n) is 1.38. The number of thiol groups is 1. The van der Waals surface area contributed by atoms with Gasteiger partial charge in [-0.25, -0.2) is 4.63 Å². The molecule has 2 N–H and O–H groups in total. The highest BCUT2D eigenvalue weighted by Gasteiger charge is 2.21. The molecule has 82 valence electrons. The van der Waals surface area contributed by atoms with E-state index >= 15 is 0 Å². The Kier molecular flexibility index (Phi) is 3.07. The van der Waals surface area contributed by atoms with Crippen LogP contribution in [0.1, 0.15) is 5.69 Å². The largest absolute Gasteiger partial charge is 0.381 e. The van der Waals surface area contributed by atoms with Gasteiger partial charge in [0.05, 0.1) is 13.2 Å². The van der Waals surface area contributed by atoms with Crippen LogP contribution < -0.4 is 10.6 Å². The van der Waals surface area contributed by atoms with E-state index in [0.29, 0.717) is 24.7 Å². The summed E-state index contributed by atoms with van der Waals surface area (Å²) in [5.74, 6) is 0.787. The number of morpholine rings is 1. The van der Waals surface area contributed by atoms with Crippen molar-refractivity contribution in [2.24, 2.45) is 10.1 Å². The van der Waals surface area contributed by atoms with Crippen molar-refractivity contribution < 1.29 is 9.37 Å². The lowest BCUT2D eigenvalue weighted by molar-refractivity contribution is 0.122. The Hall–Kier alpha value is -1.28. The van der Waals surface area contributed by atoms with Crippen molar-refractivity contribution in [1.82, 2.24) is 10.3 Å². The van der Waals surface area contributed by atoms with Crippen LogP contribution in [0.25, 0.3) is 0 Å². The molecular weight excluding hydrogens is 218 g/mol. The molecule has 0 atom stereocenters. The predicted molar refractivity (Wildman–Crippen MR) is 57.0 cm³/mol. The molecule has 0 aliphatic carbocycles. The van der Waals surface area contributed by atoms with Crippen molar-refractivity contribution in [2.45, 2.75) is 0 Å². The van der Waals surface area contributed by atoms with Gasteiger partial charge in [0.1, 0.15) is 0 Å². The standard InChI is InChI=1S/C7H11N5O2S/c8-6(11-15)5-7(10-14-9-5)12-1-3-13-4-2-12/h15H,1-4H2,(H2,8,11). The maximum Gasteiger partial charge on any atom is 0.204 e. The molecule has 0 spiro atoms. The molecule has 15 heavy (non-hydrogen) atoms. The third kappa shape index (κ3) is 2.05. The van der Waals surface area contributed by atoms with E-state index < -0.39 is 0 Å². The van der Waals surface area contributed by atoms with Crippen molar-refractivity contribution in [3.63, 3.8) is 0 Å². The van der Waals surface area contributed by atoms with Crippen molar-refractivity contribution >= 4 is 24.5 Å². The van der Waals surface area contributed by atoms with Gasteiger partial charge in [0.15, 0.2) is 11.5 Å². The summed E-state index contributed by atoms with van der Waals surface area (Å²) in [6.45, 7) is 2.79. The molecule has 8 heteroatoms. The number of amidine groups is 1. The number of aromatic nitrogens is 2. The summed E-state index contributed by atoms with van der Waals surface area (Å²) in [6.07, 6.45) is 0. The van der Waals surface area contributed by atoms with E-state index in [9.17, 15) is 0 Å². The van der Waals surface area contributed by atoms with Crippen molar-refractivity contribution in [1.29, 1.82) is 0 Å². The highest BCUT2D eigenvalue weighted by Crippen LogP contribution is 2.16. The quantitative estimate of drug-likeness (QED) is 0.402. The fraction of sp³-hybridized carbons (Fsp3) is 0.571. The number of nitrogens with two attached hydrogens (primary N) is 1. The Balaban J connectivity index is 2.23. The number of ether oxygens (including phenoxy) is 1. The fourth-order valence-corrected chi connectivity index (χ4v) is 1.47. The van der Waals surface area contributed by atoms with Crippen molar-refractivity contribution in [3.05, 3.63) is 5.69 Å². The molecule has 7 nitrogen and oxygen atoms in total. The Bertz CT molecular complexity index is 360. The second kappa shape index (κ2) is 4.49. The number of hydrogen-bond donors (Lipinski definition) is 2. The van der Waals surface area contributed by atoms with Gasteiger partial charge in [0.25, 0.3) is 0 Å². The lowest BCUT2D eigenvalue weighted by Gasteiger charge is -2.26. The zero-order valence-electron chi connectivity index (χ0n) is 7.96. The van der Waals surface area contributed by atoms with E-state index in [4.69, 9.17) is 10.5 Å². The van der Waals surface area contributed by atoms with E-state index in [0.717, 1.165) is 13.1 Å². The highest BCUT2D eigenvalue weighted by molar-refractivity contribution is 7.79. The van der Waals surface area contributed by atoms with E-state index in [1.54, 1.807) is 0 Å². The minimum atomic E-state index is 0.195. The molecule has 1 aromatic rings. The Morgan fingerprint density at radius 2 is 2.13 bits per heavy atom. The molecule has 1 aromatic heterocycles. The van der Waals surface area contributed by atoms with Crippen LogP contribution in [0.2, 0.25) is 0 Å². The molecule has 0 amide bonds. The molecule has 0 radical (unpaired) electrons. The van der Waals surface area contributed by atoms with Gasteiger partial charge in [-0.2, -0.15) is 4.40 Å². The Morgan fingerprint density at radius 1 is 1.40 bits per heavy atom. The SMILES string of the molecule is N/C(=N\S)c1nonc1N1CCOCC1. The molecule has 1 fully saturated rings. The summed E-state index contributed by atoms with van der Waals surface area (Å²) >= 11 is 3.72. The summed E-state index contributed by atoms with van der Waals surface area (Å²) < 4.78 is 13.4. The number of rotatable bonds is 2. The molecule has 1 saturated heterocycles. The number of hydrogen-bond acceptors (Lipinski definition) is 7. The van der Waals surface area contributed by atoms with Gasteiger partial charge in [-0.05, 0) is 23.1 Å². The van der Waals surface area contributed by atoms with Crippen molar-refractivity contribution in [3.8, 4) is 0 Å². The molecule has 0 bridgehead atoms. The van der Waals surface area contributed by atoms with Crippen molar-refractivity contribution in [2.75, 3.05) is 31.2 Å². The molecule has 1 aliphatic heterocycles. The third-order valence-corrected chi connectivity index (χ3v) is 2.35. The molecule has 0 aromatic carbocycles. The summed E-state index contributed by atoms with van der Waals surface area (Å²) in [7, 11) is 0. The second-order valence-corrected chi connectivity index (χ2v) is 3.22. The first-order chi connectivity index (χ1) is 7.33. The van der Waals surface area contributed by atoms with Gasteiger partial charge in [-0.1, -0.05) is 0 Å².